The van der Waals surface area contributed by atoms with E-state index in [1.54, 1.807) is 0 Å². The third-order valence-electron chi connectivity index (χ3n) is 3.06. The number of nitro groups is 1. The Morgan fingerprint density at radius 1 is 1.58 bits per heavy atom. The lowest BCUT2D eigenvalue weighted by molar-refractivity contribution is -0.385. The van der Waals surface area contributed by atoms with Crippen molar-refractivity contribution in [3.05, 3.63) is 32.8 Å². The molecule has 6 nitrogen and oxygen atoms in total. The third-order valence-corrected chi connectivity index (χ3v) is 3.69. The van der Waals surface area contributed by atoms with E-state index in [4.69, 9.17) is 4.74 Å². The fourth-order valence-corrected chi connectivity index (χ4v) is 2.50. The SMILES string of the molecule is CC1CCOC1C(=O)Nc1ccc([N+](=O)[O-])c(Br)c1. The first kappa shape index (κ1) is 14.0. The lowest BCUT2D eigenvalue weighted by atomic mass is 10.0. The van der Waals surface area contributed by atoms with Crippen LogP contribution in [0.5, 0.6) is 0 Å². The van der Waals surface area contributed by atoms with Crippen LogP contribution in [0.25, 0.3) is 0 Å². The molecule has 1 aliphatic rings. The molecular weight excluding hydrogens is 316 g/mol. The molecule has 1 heterocycles. The molecule has 1 aliphatic heterocycles. The molecule has 2 atom stereocenters. The van der Waals surface area contributed by atoms with Crippen molar-refractivity contribution < 1.29 is 14.5 Å². The van der Waals surface area contributed by atoms with Crippen molar-refractivity contribution in [1.29, 1.82) is 0 Å². The van der Waals surface area contributed by atoms with Gasteiger partial charge in [0.05, 0.1) is 9.40 Å². The van der Waals surface area contributed by atoms with Gasteiger partial charge in [-0.1, -0.05) is 6.92 Å². The Labute approximate surface area is 118 Å². The Balaban J connectivity index is 2.09. The van der Waals surface area contributed by atoms with Crippen molar-refractivity contribution in [2.75, 3.05) is 11.9 Å². The molecular formula is C12H13BrN2O4. The van der Waals surface area contributed by atoms with E-state index in [0.717, 1.165) is 6.42 Å². The van der Waals surface area contributed by atoms with Crippen molar-refractivity contribution >= 4 is 33.2 Å². The van der Waals surface area contributed by atoms with E-state index in [1.165, 1.54) is 18.2 Å². The number of anilines is 1. The highest BCUT2D eigenvalue weighted by Crippen LogP contribution is 2.28. The third kappa shape index (κ3) is 3.10. The Kier molecular flexibility index (Phi) is 4.16. The number of hydrogen-bond acceptors (Lipinski definition) is 4. The summed E-state index contributed by atoms with van der Waals surface area (Å²) >= 11 is 3.11. The van der Waals surface area contributed by atoms with Crippen LogP contribution in [0, 0.1) is 16.0 Å². The maximum Gasteiger partial charge on any atom is 0.283 e. The number of ether oxygens (including phenoxy) is 1. The molecule has 0 spiro atoms. The molecule has 1 aromatic rings. The standard InChI is InChI=1S/C12H13BrN2O4/c1-7-4-5-19-11(7)12(16)14-8-2-3-10(15(17)18)9(13)6-8/h2-3,6-7,11H,4-5H2,1H3,(H,14,16). The molecule has 1 aromatic carbocycles. The molecule has 0 radical (unpaired) electrons. The van der Waals surface area contributed by atoms with Gasteiger partial charge in [-0.25, -0.2) is 0 Å². The monoisotopic (exact) mass is 328 g/mol. The molecule has 2 unspecified atom stereocenters. The summed E-state index contributed by atoms with van der Waals surface area (Å²) in [5, 5.41) is 13.4. The quantitative estimate of drug-likeness (QED) is 0.683. The lowest BCUT2D eigenvalue weighted by Gasteiger charge is -2.14. The number of carbonyl (C=O) groups excluding carboxylic acids is 1. The molecule has 0 aromatic heterocycles. The van der Waals surface area contributed by atoms with Crippen molar-refractivity contribution in [1.82, 2.24) is 0 Å². The first-order valence-corrected chi connectivity index (χ1v) is 6.64. The van der Waals surface area contributed by atoms with Crippen molar-refractivity contribution in [3.8, 4) is 0 Å². The minimum Gasteiger partial charge on any atom is -0.368 e. The number of benzene rings is 1. The highest BCUT2D eigenvalue weighted by atomic mass is 79.9. The predicted octanol–water partition coefficient (Wildman–Crippen LogP) is 2.72. The van der Waals surface area contributed by atoms with E-state index < -0.39 is 11.0 Å². The first-order valence-electron chi connectivity index (χ1n) is 5.85. The maximum absolute atomic E-state index is 12.0. The molecule has 0 bridgehead atoms. The minimum absolute atomic E-state index is 0.0384. The summed E-state index contributed by atoms with van der Waals surface area (Å²) in [7, 11) is 0. The normalized spacial score (nSPS) is 22.2. The fourth-order valence-electron chi connectivity index (χ4n) is 1.98. The average molecular weight is 329 g/mol. The number of nitrogens with zero attached hydrogens (tertiary/aromatic N) is 1. The molecule has 19 heavy (non-hydrogen) atoms. The van der Waals surface area contributed by atoms with Gasteiger partial charge in [0.25, 0.3) is 11.6 Å². The van der Waals surface area contributed by atoms with E-state index >= 15 is 0 Å². The summed E-state index contributed by atoms with van der Waals surface area (Å²) in [5.41, 5.74) is 0.466. The maximum atomic E-state index is 12.0. The smallest absolute Gasteiger partial charge is 0.283 e. The van der Waals surface area contributed by atoms with E-state index in [-0.39, 0.29) is 17.5 Å². The van der Waals surface area contributed by atoms with Crippen molar-refractivity contribution in [3.63, 3.8) is 0 Å². The van der Waals surface area contributed by atoms with Gasteiger partial charge in [-0.15, -0.1) is 0 Å². The Hall–Kier alpha value is -1.47. The van der Waals surface area contributed by atoms with Crippen LogP contribution in [0.3, 0.4) is 0 Å². The van der Waals surface area contributed by atoms with Crippen LogP contribution < -0.4 is 5.32 Å². The van der Waals surface area contributed by atoms with Gasteiger partial charge in [-0.05, 0) is 40.4 Å². The minimum atomic E-state index is -0.488. The second-order valence-corrected chi connectivity index (χ2v) is 5.32. The van der Waals surface area contributed by atoms with E-state index in [9.17, 15) is 14.9 Å². The molecule has 1 fully saturated rings. The summed E-state index contributed by atoms with van der Waals surface area (Å²) in [6.45, 7) is 2.55. The van der Waals surface area contributed by atoms with Gasteiger partial charge in [0.2, 0.25) is 0 Å². The van der Waals surface area contributed by atoms with Gasteiger partial charge in [-0.3, -0.25) is 14.9 Å². The zero-order chi connectivity index (χ0) is 14.0. The molecule has 102 valence electrons. The molecule has 1 N–H and O–H groups in total. The molecule has 1 amide bonds. The fraction of sp³-hybridized carbons (Fsp3) is 0.417. The first-order chi connectivity index (χ1) is 8.99. The van der Waals surface area contributed by atoms with Crippen LogP contribution in [0.15, 0.2) is 22.7 Å². The van der Waals surface area contributed by atoms with Crippen molar-refractivity contribution in [2.24, 2.45) is 5.92 Å². The average Bonchev–Trinajstić information content (AvgIpc) is 2.75. The molecule has 2 rings (SSSR count). The summed E-state index contributed by atoms with van der Waals surface area (Å²) < 4.78 is 5.69. The van der Waals surface area contributed by atoms with Crippen LogP contribution in [0.1, 0.15) is 13.3 Å². The largest absolute Gasteiger partial charge is 0.368 e. The zero-order valence-electron chi connectivity index (χ0n) is 10.3. The van der Waals surface area contributed by atoms with E-state index in [1.807, 2.05) is 6.92 Å². The topological polar surface area (TPSA) is 81.5 Å². The zero-order valence-corrected chi connectivity index (χ0v) is 11.8. The summed E-state index contributed by atoms with van der Waals surface area (Å²) in [4.78, 5) is 22.2. The number of rotatable bonds is 3. The summed E-state index contributed by atoms with van der Waals surface area (Å²) in [6.07, 6.45) is 0.413. The second kappa shape index (κ2) is 5.66. The Morgan fingerprint density at radius 3 is 2.84 bits per heavy atom. The number of amides is 1. The van der Waals surface area contributed by atoms with Crippen LogP contribution in [0.2, 0.25) is 0 Å². The van der Waals surface area contributed by atoms with Gasteiger partial charge < -0.3 is 10.1 Å². The van der Waals surface area contributed by atoms with Gasteiger partial charge in [-0.2, -0.15) is 0 Å². The Morgan fingerprint density at radius 2 is 2.32 bits per heavy atom. The highest BCUT2D eigenvalue weighted by Gasteiger charge is 2.31. The van der Waals surface area contributed by atoms with Gasteiger partial charge in [0.15, 0.2) is 0 Å². The molecule has 1 saturated heterocycles. The van der Waals surface area contributed by atoms with E-state index in [0.29, 0.717) is 16.8 Å². The molecule has 7 heteroatoms. The van der Waals surface area contributed by atoms with Crippen LogP contribution >= 0.6 is 15.9 Å². The van der Waals surface area contributed by atoms with Crippen molar-refractivity contribution in [2.45, 2.75) is 19.4 Å². The summed E-state index contributed by atoms with van der Waals surface area (Å²) in [5.74, 6) is -0.0350. The number of halogens is 1. The summed E-state index contributed by atoms with van der Waals surface area (Å²) in [6, 6.07) is 4.36. The number of nitrogens with one attached hydrogen (secondary N) is 1. The van der Waals surface area contributed by atoms with Crippen LogP contribution in [0.4, 0.5) is 11.4 Å². The lowest BCUT2D eigenvalue weighted by Crippen LogP contribution is -2.31. The van der Waals surface area contributed by atoms with Crippen LogP contribution in [-0.4, -0.2) is 23.5 Å². The van der Waals surface area contributed by atoms with E-state index in [2.05, 4.69) is 21.2 Å². The van der Waals surface area contributed by atoms with Gasteiger partial charge >= 0.3 is 0 Å². The molecule has 0 aliphatic carbocycles. The number of carbonyl (C=O) groups is 1. The van der Waals surface area contributed by atoms with Gasteiger partial charge in [0.1, 0.15) is 6.10 Å². The number of hydrogen-bond donors (Lipinski definition) is 1. The molecule has 0 saturated carbocycles. The highest BCUT2D eigenvalue weighted by molar-refractivity contribution is 9.10. The van der Waals surface area contributed by atoms with Gasteiger partial charge in [0, 0.05) is 18.4 Å². The van der Waals surface area contributed by atoms with Crippen LogP contribution in [-0.2, 0) is 9.53 Å². The Bertz CT molecular complexity index is 520. The predicted molar refractivity (Wildman–Crippen MR) is 72.9 cm³/mol. The second-order valence-electron chi connectivity index (χ2n) is 4.47. The number of nitro benzene ring substituents is 1.